The summed E-state index contributed by atoms with van der Waals surface area (Å²) in [6.07, 6.45) is 0.661. The fourth-order valence-corrected chi connectivity index (χ4v) is 1.66. The predicted molar refractivity (Wildman–Crippen MR) is 65.3 cm³/mol. The molecular formula is C13H13NO2. The van der Waals surface area contributed by atoms with Crippen LogP contribution in [0.3, 0.4) is 0 Å². The van der Waals surface area contributed by atoms with Crippen LogP contribution in [0.4, 0.5) is 5.69 Å². The molecule has 0 saturated heterocycles. The number of fused-ring (bicyclic) bond motifs is 1. The van der Waals surface area contributed by atoms with Crippen LogP contribution in [0.1, 0.15) is 10.4 Å². The first kappa shape index (κ1) is 10.5. The highest BCUT2D eigenvalue weighted by atomic mass is 16.3. The zero-order valence-electron chi connectivity index (χ0n) is 9.27. The Morgan fingerprint density at radius 1 is 1.12 bits per heavy atom. The fourth-order valence-electron chi connectivity index (χ4n) is 1.66. The maximum absolute atomic E-state index is 10.7. The number of aromatic hydroxyl groups is 1. The number of carbonyl (C=O) groups excluding carboxylic acids is 1. The molecule has 2 aromatic carbocycles. The van der Waals surface area contributed by atoms with Crippen molar-refractivity contribution in [1.82, 2.24) is 0 Å². The SMILES string of the molecule is CN(C)c1ccc2cc(C=O)c(O)cc2c1. The Balaban J connectivity index is 2.66. The van der Waals surface area contributed by atoms with Crippen molar-refractivity contribution in [3.05, 3.63) is 35.9 Å². The van der Waals surface area contributed by atoms with E-state index < -0.39 is 0 Å². The van der Waals surface area contributed by atoms with Crippen LogP contribution in [-0.2, 0) is 0 Å². The van der Waals surface area contributed by atoms with E-state index in [4.69, 9.17) is 0 Å². The third kappa shape index (κ3) is 1.72. The van der Waals surface area contributed by atoms with E-state index in [1.54, 1.807) is 12.1 Å². The molecule has 0 saturated carbocycles. The topological polar surface area (TPSA) is 40.5 Å². The second-order valence-corrected chi connectivity index (χ2v) is 3.95. The number of hydrogen-bond donors (Lipinski definition) is 1. The Morgan fingerprint density at radius 2 is 1.88 bits per heavy atom. The van der Waals surface area contributed by atoms with Crippen LogP contribution in [0.25, 0.3) is 10.8 Å². The molecule has 0 aliphatic heterocycles. The van der Waals surface area contributed by atoms with Gasteiger partial charge < -0.3 is 10.0 Å². The monoisotopic (exact) mass is 215 g/mol. The van der Waals surface area contributed by atoms with Crippen molar-refractivity contribution in [1.29, 1.82) is 0 Å². The van der Waals surface area contributed by atoms with Crippen LogP contribution in [0.5, 0.6) is 5.75 Å². The molecule has 0 fully saturated rings. The summed E-state index contributed by atoms with van der Waals surface area (Å²) in [5.74, 6) is 0.0263. The zero-order valence-corrected chi connectivity index (χ0v) is 9.27. The van der Waals surface area contributed by atoms with Crippen LogP contribution in [0.2, 0.25) is 0 Å². The summed E-state index contributed by atoms with van der Waals surface area (Å²) in [6.45, 7) is 0. The molecular weight excluding hydrogens is 202 g/mol. The lowest BCUT2D eigenvalue weighted by molar-refractivity contribution is 0.112. The molecule has 0 heterocycles. The fraction of sp³-hybridized carbons (Fsp3) is 0.154. The molecule has 0 unspecified atom stereocenters. The van der Waals surface area contributed by atoms with Crippen molar-refractivity contribution in [3.63, 3.8) is 0 Å². The molecule has 1 N–H and O–H groups in total. The minimum absolute atomic E-state index is 0.0263. The molecule has 0 bridgehead atoms. The zero-order chi connectivity index (χ0) is 11.7. The van der Waals surface area contributed by atoms with Gasteiger partial charge in [0.15, 0.2) is 6.29 Å². The maximum Gasteiger partial charge on any atom is 0.153 e. The van der Waals surface area contributed by atoms with E-state index in [0.717, 1.165) is 16.5 Å². The molecule has 3 heteroatoms. The van der Waals surface area contributed by atoms with Gasteiger partial charge in [-0.3, -0.25) is 4.79 Å². The van der Waals surface area contributed by atoms with Gasteiger partial charge in [-0.25, -0.2) is 0 Å². The smallest absolute Gasteiger partial charge is 0.153 e. The lowest BCUT2D eigenvalue weighted by atomic mass is 10.1. The van der Waals surface area contributed by atoms with Gasteiger partial charge in [0.05, 0.1) is 5.56 Å². The highest BCUT2D eigenvalue weighted by molar-refractivity contribution is 5.93. The summed E-state index contributed by atoms with van der Waals surface area (Å²) < 4.78 is 0. The number of carbonyl (C=O) groups is 1. The molecule has 0 spiro atoms. The number of aldehydes is 1. The lowest BCUT2D eigenvalue weighted by Crippen LogP contribution is -2.08. The third-order valence-electron chi connectivity index (χ3n) is 2.61. The van der Waals surface area contributed by atoms with E-state index in [-0.39, 0.29) is 5.75 Å². The Bertz CT molecular complexity index is 547. The van der Waals surface area contributed by atoms with Crippen LogP contribution in [0, 0.1) is 0 Å². The van der Waals surface area contributed by atoms with Gasteiger partial charge in [0.2, 0.25) is 0 Å². The number of anilines is 1. The van der Waals surface area contributed by atoms with Crippen LogP contribution >= 0.6 is 0 Å². The van der Waals surface area contributed by atoms with Gasteiger partial charge in [-0.05, 0) is 35.0 Å². The number of hydrogen-bond acceptors (Lipinski definition) is 3. The van der Waals surface area contributed by atoms with E-state index in [0.29, 0.717) is 11.8 Å². The second-order valence-electron chi connectivity index (χ2n) is 3.95. The van der Waals surface area contributed by atoms with Gasteiger partial charge in [0, 0.05) is 19.8 Å². The van der Waals surface area contributed by atoms with Crippen molar-refractivity contribution in [2.24, 2.45) is 0 Å². The van der Waals surface area contributed by atoms with Gasteiger partial charge in [-0.1, -0.05) is 6.07 Å². The van der Waals surface area contributed by atoms with E-state index >= 15 is 0 Å². The van der Waals surface area contributed by atoms with Gasteiger partial charge in [-0.15, -0.1) is 0 Å². The largest absolute Gasteiger partial charge is 0.507 e. The summed E-state index contributed by atoms with van der Waals surface area (Å²) in [7, 11) is 3.92. The number of phenols is 1. The average molecular weight is 215 g/mol. The van der Waals surface area contributed by atoms with Gasteiger partial charge >= 0.3 is 0 Å². The van der Waals surface area contributed by atoms with Crippen molar-refractivity contribution in [2.75, 3.05) is 19.0 Å². The van der Waals surface area contributed by atoms with Crippen LogP contribution in [-0.4, -0.2) is 25.5 Å². The molecule has 0 amide bonds. The van der Waals surface area contributed by atoms with Gasteiger partial charge in [0.25, 0.3) is 0 Å². The molecule has 2 aromatic rings. The molecule has 0 aromatic heterocycles. The lowest BCUT2D eigenvalue weighted by Gasteiger charge is -2.13. The Morgan fingerprint density at radius 3 is 2.50 bits per heavy atom. The van der Waals surface area contributed by atoms with Crippen LogP contribution in [0.15, 0.2) is 30.3 Å². The van der Waals surface area contributed by atoms with Crippen molar-refractivity contribution < 1.29 is 9.90 Å². The van der Waals surface area contributed by atoms with Gasteiger partial charge in [0.1, 0.15) is 5.75 Å². The van der Waals surface area contributed by atoms with Crippen molar-refractivity contribution in [2.45, 2.75) is 0 Å². The Labute approximate surface area is 93.9 Å². The van der Waals surface area contributed by atoms with E-state index in [1.165, 1.54) is 0 Å². The van der Waals surface area contributed by atoms with Crippen molar-refractivity contribution in [3.8, 4) is 5.75 Å². The summed E-state index contributed by atoms with van der Waals surface area (Å²) in [5.41, 5.74) is 1.39. The van der Waals surface area contributed by atoms with Crippen molar-refractivity contribution >= 4 is 22.7 Å². The molecule has 0 radical (unpaired) electrons. The predicted octanol–water partition coefficient (Wildman–Crippen LogP) is 2.42. The summed E-state index contributed by atoms with van der Waals surface area (Å²) in [5, 5.41) is 11.5. The summed E-state index contributed by atoms with van der Waals surface area (Å²) in [4.78, 5) is 12.7. The average Bonchev–Trinajstić information content (AvgIpc) is 2.27. The summed E-state index contributed by atoms with van der Waals surface area (Å²) >= 11 is 0. The Kier molecular flexibility index (Phi) is 2.52. The number of rotatable bonds is 2. The van der Waals surface area contributed by atoms with E-state index in [1.807, 2.05) is 37.2 Å². The standard InChI is InChI=1S/C13H13NO2/c1-14(2)12-4-3-9-5-11(8-15)13(16)7-10(9)6-12/h3-8,16H,1-2H3. The second kappa shape index (κ2) is 3.85. The first-order valence-corrected chi connectivity index (χ1v) is 5.01. The summed E-state index contributed by atoms with van der Waals surface area (Å²) in [6, 6.07) is 9.21. The van der Waals surface area contributed by atoms with E-state index in [9.17, 15) is 9.90 Å². The number of phenolic OH excluding ortho intramolecular Hbond substituents is 1. The molecule has 82 valence electrons. The maximum atomic E-state index is 10.7. The number of nitrogens with zero attached hydrogens (tertiary/aromatic N) is 1. The highest BCUT2D eigenvalue weighted by Gasteiger charge is 2.04. The van der Waals surface area contributed by atoms with Crippen LogP contribution < -0.4 is 4.90 Å². The number of benzene rings is 2. The first-order valence-electron chi connectivity index (χ1n) is 5.01. The minimum Gasteiger partial charge on any atom is -0.507 e. The normalized spacial score (nSPS) is 10.4. The minimum atomic E-state index is 0.0263. The molecule has 16 heavy (non-hydrogen) atoms. The highest BCUT2D eigenvalue weighted by Crippen LogP contribution is 2.26. The van der Waals surface area contributed by atoms with Gasteiger partial charge in [-0.2, -0.15) is 0 Å². The first-order chi connectivity index (χ1) is 7.61. The molecule has 0 atom stereocenters. The quantitative estimate of drug-likeness (QED) is 0.782. The molecule has 3 nitrogen and oxygen atoms in total. The Hall–Kier alpha value is -2.03. The third-order valence-corrected chi connectivity index (χ3v) is 2.61. The molecule has 0 aliphatic carbocycles. The molecule has 0 aliphatic rings. The van der Waals surface area contributed by atoms with E-state index in [2.05, 4.69) is 0 Å². The molecule has 2 rings (SSSR count).